The van der Waals surface area contributed by atoms with Crippen LogP contribution in [0.3, 0.4) is 0 Å². The highest BCUT2D eigenvalue weighted by Gasteiger charge is 2.18. The zero-order chi connectivity index (χ0) is 21.7. The summed E-state index contributed by atoms with van der Waals surface area (Å²) in [6, 6.07) is 19.5. The lowest BCUT2D eigenvalue weighted by Crippen LogP contribution is -2.22. The Bertz CT molecular complexity index is 1590. The third kappa shape index (κ3) is 2.98. The van der Waals surface area contributed by atoms with Crippen molar-refractivity contribution in [2.24, 2.45) is 7.05 Å². The summed E-state index contributed by atoms with van der Waals surface area (Å²) >= 11 is 6.03. The van der Waals surface area contributed by atoms with E-state index in [2.05, 4.69) is 4.98 Å². The molecule has 0 amide bonds. The highest BCUT2D eigenvalue weighted by molar-refractivity contribution is 6.30. The minimum absolute atomic E-state index is 0.0789. The van der Waals surface area contributed by atoms with Gasteiger partial charge in [0.25, 0.3) is 0 Å². The summed E-state index contributed by atoms with van der Waals surface area (Å²) < 4.78 is 18.0. The largest absolute Gasteiger partial charge is 0.312 e. The van der Waals surface area contributed by atoms with Gasteiger partial charge in [0.1, 0.15) is 5.82 Å². The maximum atomic E-state index is 14.8. The smallest absolute Gasteiger partial charge is 0.207 e. The molecule has 5 nitrogen and oxygen atoms in total. The van der Waals surface area contributed by atoms with Crippen LogP contribution in [0.25, 0.3) is 38.8 Å². The second-order valence-electron chi connectivity index (χ2n) is 7.23. The van der Waals surface area contributed by atoms with Gasteiger partial charge in [-0.25, -0.2) is 4.39 Å². The molecule has 0 bridgehead atoms. The summed E-state index contributed by atoms with van der Waals surface area (Å²) in [5.41, 5.74) is 4.55. The minimum Gasteiger partial charge on any atom is -0.312 e. The fourth-order valence-electron chi connectivity index (χ4n) is 3.83. The molecule has 0 saturated carbocycles. The van der Waals surface area contributed by atoms with Crippen molar-refractivity contribution in [3.63, 3.8) is 0 Å². The Morgan fingerprint density at radius 1 is 1.03 bits per heavy atom. The Kier molecular flexibility index (Phi) is 4.35. The van der Waals surface area contributed by atoms with Crippen LogP contribution in [0.1, 0.15) is 5.56 Å². The van der Waals surface area contributed by atoms with Gasteiger partial charge in [-0.05, 0) is 53.6 Å². The summed E-state index contributed by atoms with van der Waals surface area (Å²) in [6.45, 7) is 0. The lowest BCUT2D eigenvalue weighted by atomic mass is 10.0. The second-order valence-corrected chi connectivity index (χ2v) is 7.66. The molecule has 0 unspecified atom stereocenters. The predicted octanol–water partition coefficient (Wildman–Crippen LogP) is 5.33. The number of halogens is 2. The molecule has 0 spiro atoms. The molecular formula is C24H15ClFN5. The van der Waals surface area contributed by atoms with Crippen molar-refractivity contribution in [3.05, 3.63) is 88.9 Å². The average Bonchev–Trinajstić information content (AvgIpc) is 3.05. The molecule has 0 saturated heterocycles. The van der Waals surface area contributed by atoms with Gasteiger partial charge in [0, 0.05) is 17.5 Å². The number of aryl methyl sites for hydroxylation is 1. The Morgan fingerprint density at radius 2 is 1.77 bits per heavy atom. The first-order valence-electron chi connectivity index (χ1n) is 9.48. The van der Waals surface area contributed by atoms with Crippen LogP contribution in [-0.4, -0.2) is 14.1 Å². The second kappa shape index (κ2) is 7.08. The molecule has 3 aromatic carbocycles. The molecule has 2 aromatic heterocycles. The van der Waals surface area contributed by atoms with E-state index in [0.717, 1.165) is 22.0 Å². The fraction of sp³-hybridized carbons (Fsp3) is 0.0417. The van der Waals surface area contributed by atoms with E-state index in [1.807, 2.05) is 48.5 Å². The first-order chi connectivity index (χ1) is 15.0. The third-order valence-electron chi connectivity index (χ3n) is 5.43. The van der Waals surface area contributed by atoms with Crippen LogP contribution >= 0.6 is 11.6 Å². The summed E-state index contributed by atoms with van der Waals surface area (Å²) in [6.07, 6.45) is 1.68. The Balaban J connectivity index is 1.89. The Labute approximate surface area is 181 Å². The molecular weight excluding hydrogens is 413 g/mol. The molecule has 0 radical (unpaired) electrons. The predicted molar refractivity (Wildman–Crippen MR) is 119 cm³/mol. The van der Waals surface area contributed by atoms with E-state index < -0.39 is 5.82 Å². The van der Waals surface area contributed by atoms with Gasteiger partial charge in [-0.15, -0.1) is 0 Å². The summed E-state index contributed by atoms with van der Waals surface area (Å²) in [4.78, 5) is 4.54. The molecule has 7 heteroatoms. The number of hydrogen-bond donors (Lipinski definition) is 1. The quantitative estimate of drug-likeness (QED) is 0.413. The lowest BCUT2D eigenvalue weighted by Gasteiger charge is -2.10. The van der Waals surface area contributed by atoms with E-state index in [1.54, 1.807) is 17.8 Å². The number of nitrogens with zero attached hydrogens (tertiary/aromatic N) is 4. The van der Waals surface area contributed by atoms with Gasteiger partial charge in [0.05, 0.1) is 40.1 Å². The van der Waals surface area contributed by atoms with E-state index >= 15 is 0 Å². The molecule has 31 heavy (non-hydrogen) atoms. The molecule has 5 rings (SSSR count). The number of imidazole rings is 1. The van der Waals surface area contributed by atoms with Crippen molar-refractivity contribution in [2.75, 3.05) is 0 Å². The number of fused-ring (bicyclic) bond motifs is 3. The summed E-state index contributed by atoms with van der Waals surface area (Å²) in [7, 11) is 1.74. The van der Waals surface area contributed by atoms with Gasteiger partial charge in [-0.1, -0.05) is 29.8 Å². The summed E-state index contributed by atoms with van der Waals surface area (Å²) in [5.74, 6) is -0.510. The number of pyridine rings is 1. The molecule has 0 aliphatic carbocycles. The van der Waals surface area contributed by atoms with Gasteiger partial charge >= 0.3 is 0 Å². The zero-order valence-electron chi connectivity index (χ0n) is 16.4. The topological polar surface area (TPSA) is 70.4 Å². The standard InChI is InChI=1S/C24H15ClFN5/c1-30-22-13-29-20-9-5-16(15-3-6-17(25)7-4-15)11-18(20)23(22)31(24(30)28)21-10-14(12-27)2-8-19(21)26/h2-11,13,28H,1H3. The van der Waals surface area contributed by atoms with E-state index in [1.165, 1.54) is 22.8 Å². The molecule has 0 aliphatic heterocycles. The molecule has 2 heterocycles. The number of nitriles is 1. The average molecular weight is 428 g/mol. The summed E-state index contributed by atoms with van der Waals surface area (Å²) in [5, 5.41) is 19.4. The number of hydrogen-bond acceptors (Lipinski definition) is 3. The van der Waals surface area contributed by atoms with Crippen LogP contribution in [-0.2, 0) is 7.05 Å². The molecule has 0 atom stereocenters. The monoisotopic (exact) mass is 427 g/mol. The van der Waals surface area contributed by atoms with E-state index in [4.69, 9.17) is 17.0 Å². The highest BCUT2D eigenvalue weighted by Crippen LogP contribution is 2.30. The first-order valence-corrected chi connectivity index (χ1v) is 9.86. The van der Waals surface area contributed by atoms with Crippen LogP contribution in [0.5, 0.6) is 0 Å². The van der Waals surface area contributed by atoms with Crippen LogP contribution in [0.2, 0.25) is 5.02 Å². The van der Waals surface area contributed by atoms with Crippen LogP contribution < -0.4 is 5.62 Å². The van der Waals surface area contributed by atoms with Gasteiger partial charge < -0.3 is 4.57 Å². The SMILES string of the molecule is Cn1c(=N)n(-c2cc(C#N)ccc2F)c2c3cc(-c4ccc(Cl)cc4)ccc3ncc21. The van der Waals surface area contributed by atoms with Crippen LogP contribution in [0.15, 0.2) is 66.9 Å². The molecule has 0 fully saturated rings. The zero-order valence-corrected chi connectivity index (χ0v) is 17.2. The Hall–Kier alpha value is -3.95. The van der Waals surface area contributed by atoms with Crippen molar-refractivity contribution >= 4 is 33.5 Å². The number of rotatable bonds is 2. The minimum atomic E-state index is -0.510. The molecule has 150 valence electrons. The van der Waals surface area contributed by atoms with E-state index in [9.17, 15) is 9.65 Å². The van der Waals surface area contributed by atoms with Crippen molar-refractivity contribution in [1.29, 1.82) is 10.7 Å². The van der Waals surface area contributed by atoms with Crippen molar-refractivity contribution < 1.29 is 4.39 Å². The van der Waals surface area contributed by atoms with Gasteiger partial charge in [-0.2, -0.15) is 5.26 Å². The van der Waals surface area contributed by atoms with Crippen molar-refractivity contribution in [1.82, 2.24) is 14.1 Å². The molecule has 1 N–H and O–H groups in total. The van der Waals surface area contributed by atoms with Crippen LogP contribution in [0, 0.1) is 22.6 Å². The third-order valence-corrected chi connectivity index (χ3v) is 5.68. The molecule has 5 aromatic rings. The molecule has 0 aliphatic rings. The van der Waals surface area contributed by atoms with Gasteiger partial charge in [0.2, 0.25) is 5.62 Å². The number of aromatic nitrogens is 3. The Morgan fingerprint density at radius 3 is 2.52 bits per heavy atom. The number of nitrogens with one attached hydrogen (secondary N) is 1. The van der Waals surface area contributed by atoms with Crippen molar-refractivity contribution in [2.45, 2.75) is 0 Å². The van der Waals surface area contributed by atoms with Gasteiger partial charge in [-0.3, -0.25) is 15.0 Å². The van der Waals surface area contributed by atoms with E-state index in [0.29, 0.717) is 21.6 Å². The maximum Gasteiger partial charge on any atom is 0.207 e. The first kappa shape index (κ1) is 19.0. The van der Waals surface area contributed by atoms with Gasteiger partial charge in [0.15, 0.2) is 0 Å². The fourth-order valence-corrected chi connectivity index (χ4v) is 3.95. The van der Waals surface area contributed by atoms with Crippen LogP contribution in [0.4, 0.5) is 4.39 Å². The number of benzene rings is 3. The lowest BCUT2D eigenvalue weighted by molar-refractivity contribution is 0.614. The van der Waals surface area contributed by atoms with Crippen molar-refractivity contribution in [3.8, 4) is 22.9 Å². The highest BCUT2D eigenvalue weighted by atomic mass is 35.5. The maximum absolute atomic E-state index is 14.8. The normalized spacial score (nSPS) is 11.2. The van der Waals surface area contributed by atoms with E-state index in [-0.39, 0.29) is 11.3 Å².